The minimum Gasteiger partial charge on any atom is -0.387 e. The Labute approximate surface area is 139 Å². The van der Waals surface area contributed by atoms with Crippen LogP contribution in [-0.2, 0) is 0 Å². The summed E-state index contributed by atoms with van der Waals surface area (Å²) in [6.45, 7) is 5.82. The Bertz CT molecular complexity index is 256. The molecule has 1 saturated heterocycles. The lowest BCUT2D eigenvalue weighted by Crippen LogP contribution is -2.53. The molecule has 0 radical (unpaired) electrons. The fourth-order valence-corrected chi connectivity index (χ4v) is 3.94. The summed E-state index contributed by atoms with van der Waals surface area (Å²) in [4.78, 5) is 0. The number of hydrogen-bond acceptors (Lipinski definition) is 1. The molecule has 1 aliphatic heterocycles. The molecule has 2 unspecified atom stereocenters. The smallest absolute Gasteiger partial charge is 0.105 e. The van der Waals surface area contributed by atoms with Crippen molar-refractivity contribution >= 4 is 0 Å². The van der Waals surface area contributed by atoms with Crippen molar-refractivity contribution in [3.8, 4) is 0 Å². The van der Waals surface area contributed by atoms with Crippen LogP contribution in [0.2, 0.25) is 0 Å². The molecule has 1 N–H and O–H groups in total. The highest BCUT2D eigenvalue weighted by Crippen LogP contribution is 2.19. The Kier molecular flexibility index (Phi) is 11.2. The number of quaternary nitrogens is 1. The van der Waals surface area contributed by atoms with Gasteiger partial charge in [-0.1, -0.05) is 71.1 Å². The highest BCUT2D eigenvalue weighted by Gasteiger charge is 2.29. The maximum atomic E-state index is 9.82. The molecular weight excluding hydrogens is 270 g/mol. The first-order chi connectivity index (χ1) is 10.7. The first-order valence-corrected chi connectivity index (χ1v) is 10.2. The molecule has 0 aliphatic carbocycles. The van der Waals surface area contributed by atoms with E-state index in [-0.39, 0.29) is 6.10 Å². The Morgan fingerprint density at radius 1 is 0.818 bits per heavy atom. The van der Waals surface area contributed by atoms with Crippen LogP contribution in [0.15, 0.2) is 0 Å². The number of likely N-dealkylation sites (tertiary alicyclic amines) is 1. The molecule has 0 bridgehead atoms. The van der Waals surface area contributed by atoms with Gasteiger partial charge in [-0.05, 0) is 25.7 Å². The van der Waals surface area contributed by atoms with Crippen LogP contribution in [0, 0.1) is 0 Å². The summed E-state index contributed by atoms with van der Waals surface area (Å²) in [5.41, 5.74) is 0. The van der Waals surface area contributed by atoms with Crippen LogP contribution in [0.25, 0.3) is 0 Å². The number of unbranched alkanes of at least 4 members (excludes halogenated alkanes) is 11. The normalized spacial score (nSPS) is 25.5. The van der Waals surface area contributed by atoms with Crippen LogP contribution in [0.4, 0.5) is 0 Å². The van der Waals surface area contributed by atoms with Crippen LogP contribution < -0.4 is 0 Å². The molecule has 0 aromatic rings. The number of aliphatic hydroxyl groups excluding tert-OH is 1. The van der Waals surface area contributed by atoms with Gasteiger partial charge in [-0.3, -0.25) is 0 Å². The molecule has 132 valence electrons. The Morgan fingerprint density at radius 2 is 1.32 bits per heavy atom. The van der Waals surface area contributed by atoms with E-state index in [9.17, 15) is 5.11 Å². The van der Waals surface area contributed by atoms with E-state index in [1.54, 1.807) is 0 Å². The lowest BCUT2D eigenvalue weighted by Gasteiger charge is -2.40. The van der Waals surface area contributed by atoms with Gasteiger partial charge in [-0.15, -0.1) is 0 Å². The second-order valence-corrected chi connectivity index (χ2v) is 7.93. The third-order valence-corrected chi connectivity index (χ3v) is 5.44. The van der Waals surface area contributed by atoms with E-state index in [0.717, 1.165) is 17.4 Å². The zero-order chi connectivity index (χ0) is 16.1. The summed E-state index contributed by atoms with van der Waals surface area (Å²) in [5.74, 6) is 0. The third-order valence-electron chi connectivity index (χ3n) is 5.44. The third kappa shape index (κ3) is 9.84. The van der Waals surface area contributed by atoms with Gasteiger partial charge in [0.15, 0.2) is 0 Å². The number of nitrogens with zero attached hydrogens (tertiary/aromatic N) is 1. The SMILES string of the molecule is CCCCCCCCCCCCCC[N+]1(C)CCCC(O)C1. The molecule has 1 heterocycles. The summed E-state index contributed by atoms with van der Waals surface area (Å²) in [7, 11) is 2.33. The highest BCUT2D eigenvalue weighted by atomic mass is 16.3. The summed E-state index contributed by atoms with van der Waals surface area (Å²) >= 11 is 0. The van der Waals surface area contributed by atoms with E-state index >= 15 is 0 Å². The molecule has 2 heteroatoms. The fourth-order valence-electron chi connectivity index (χ4n) is 3.94. The van der Waals surface area contributed by atoms with Crippen molar-refractivity contribution in [1.82, 2.24) is 0 Å². The van der Waals surface area contributed by atoms with E-state index in [2.05, 4.69) is 14.0 Å². The lowest BCUT2D eigenvalue weighted by atomic mass is 10.0. The maximum absolute atomic E-state index is 9.82. The monoisotopic (exact) mass is 312 g/mol. The summed E-state index contributed by atoms with van der Waals surface area (Å²) < 4.78 is 1.11. The molecule has 0 amide bonds. The predicted molar refractivity (Wildman–Crippen MR) is 97.1 cm³/mol. The first-order valence-electron chi connectivity index (χ1n) is 10.2. The van der Waals surface area contributed by atoms with Crippen molar-refractivity contribution in [1.29, 1.82) is 0 Å². The van der Waals surface area contributed by atoms with Gasteiger partial charge < -0.3 is 9.59 Å². The van der Waals surface area contributed by atoms with Gasteiger partial charge in [0.05, 0.1) is 20.1 Å². The van der Waals surface area contributed by atoms with Crippen molar-refractivity contribution in [2.75, 3.05) is 26.7 Å². The van der Waals surface area contributed by atoms with Gasteiger partial charge >= 0.3 is 0 Å². The Hall–Kier alpha value is -0.0800. The van der Waals surface area contributed by atoms with E-state index < -0.39 is 0 Å². The fraction of sp³-hybridized carbons (Fsp3) is 1.00. The van der Waals surface area contributed by atoms with Gasteiger partial charge in [0.25, 0.3) is 0 Å². The largest absolute Gasteiger partial charge is 0.387 e. The molecule has 1 fully saturated rings. The summed E-state index contributed by atoms with van der Waals surface area (Å²) in [6, 6.07) is 0. The van der Waals surface area contributed by atoms with Crippen LogP contribution in [-0.4, -0.2) is 42.4 Å². The van der Waals surface area contributed by atoms with Gasteiger partial charge in [0, 0.05) is 0 Å². The lowest BCUT2D eigenvalue weighted by molar-refractivity contribution is -0.917. The molecular formula is C20H42NO+. The van der Waals surface area contributed by atoms with Crippen molar-refractivity contribution < 1.29 is 9.59 Å². The van der Waals surface area contributed by atoms with Gasteiger partial charge in [0.2, 0.25) is 0 Å². The number of piperidine rings is 1. The first kappa shape index (κ1) is 20.0. The van der Waals surface area contributed by atoms with E-state index in [1.807, 2.05) is 0 Å². The average Bonchev–Trinajstić information content (AvgIpc) is 2.48. The molecule has 1 aliphatic rings. The number of hydrogen-bond donors (Lipinski definition) is 1. The summed E-state index contributed by atoms with van der Waals surface area (Å²) in [5, 5.41) is 9.82. The zero-order valence-corrected chi connectivity index (χ0v) is 15.5. The Balaban J connectivity index is 1.83. The quantitative estimate of drug-likeness (QED) is 0.362. The second kappa shape index (κ2) is 12.4. The van der Waals surface area contributed by atoms with Crippen molar-refractivity contribution in [2.45, 2.75) is 103 Å². The minimum atomic E-state index is -0.0453. The molecule has 0 aromatic carbocycles. The van der Waals surface area contributed by atoms with Gasteiger partial charge in [-0.2, -0.15) is 0 Å². The van der Waals surface area contributed by atoms with Crippen LogP contribution in [0.1, 0.15) is 96.8 Å². The van der Waals surface area contributed by atoms with E-state index in [4.69, 9.17) is 0 Å². The zero-order valence-electron chi connectivity index (χ0n) is 15.5. The number of likely N-dealkylation sites (N-methyl/N-ethyl adjacent to an activating group) is 1. The van der Waals surface area contributed by atoms with Crippen molar-refractivity contribution in [2.24, 2.45) is 0 Å². The van der Waals surface area contributed by atoms with Crippen molar-refractivity contribution in [3.63, 3.8) is 0 Å². The second-order valence-electron chi connectivity index (χ2n) is 7.93. The average molecular weight is 313 g/mol. The Morgan fingerprint density at radius 3 is 1.82 bits per heavy atom. The van der Waals surface area contributed by atoms with Crippen molar-refractivity contribution in [3.05, 3.63) is 0 Å². The number of aliphatic hydroxyl groups is 1. The predicted octanol–water partition coefficient (Wildman–Crippen LogP) is 5.29. The van der Waals surface area contributed by atoms with E-state index in [0.29, 0.717) is 0 Å². The minimum absolute atomic E-state index is 0.0453. The van der Waals surface area contributed by atoms with Crippen LogP contribution in [0.5, 0.6) is 0 Å². The topological polar surface area (TPSA) is 20.2 Å². The molecule has 22 heavy (non-hydrogen) atoms. The molecule has 0 saturated carbocycles. The van der Waals surface area contributed by atoms with Crippen LogP contribution in [0.3, 0.4) is 0 Å². The highest BCUT2D eigenvalue weighted by molar-refractivity contribution is 4.61. The van der Waals surface area contributed by atoms with E-state index in [1.165, 1.54) is 96.6 Å². The number of rotatable bonds is 13. The van der Waals surface area contributed by atoms with Gasteiger partial charge in [-0.25, -0.2) is 0 Å². The summed E-state index contributed by atoms with van der Waals surface area (Å²) in [6.07, 6.45) is 19.3. The molecule has 0 spiro atoms. The molecule has 2 nitrogen and oxygen atoms in total. The standard InChI is InChI=1S/C20H42NO/c1-3-4-5-6-7-8-9-10-11-12-13-14-17-21(2)18-15-16-20(22)19-21/h20,22H,3-19H2,1-2H3/q+1. The van der Waals surface area contributed by atoms with Gasteiger partial charge in [0.1, 0.15) is 12.6 Å². The molecule has 1 rings (SSSR count). The van der Waals surface area contributed by atoms with Crippen LogP contribution >= 0.6 is 0 Å². The molecule has 0 aromatic heterocycles. The maximum Gasteiger partial charge on any atom is 0.105 e. The molecule has 2 atom stereocenters.